The van der Waals surface area contributed by atoms with Crippen molar-refractivity contribution in [1.29, 1.82) is 0 Å². The molecule has 0 bridgehead atoms. The number of ether oxygens (including phenoxy) is 1. The number of likely N-dealkylation sites (N-methyl/N-ethyl adjacent to an activating group) is 1. The molecule has 1 N–H and O–H groups in total. The quantitative estimate of drug-likeness (QED) is 0.552. The number of rotatable bonds is 6. The van der Waals surface area contributed by atoms with Crippen LogP contribution in [-0.2, 0) is 15.1 Å². The average Bonchev–Trinajstić information content (AvgIpc) is 3.00. The van der Waals surface area contributed by atoms with Crippen molar-refractivity contribution in [1.82, 2.24) is 4.90 Å². The number of allylic oxidation sites excluding steroid dienone is 1. The van der Waals surface area contributed by atoms with Crippen LogP contribution in [0.4, 0.5) is 0 Å². The van der Waals surface area contributed by atoms with Crippen molar-refractivity contribution in [3.8, 4) is 0 Å². The molecule has 3 fully saturated rings. The average molecular weight is 412 g/mol. The Morgan fingerprint density at radius 1 is 1.33 bits per heavy atom. The molecule has 4 rings (SSSR count). The van der Waals surface area contributed by atoms with E-state index in [9.17, 15) is 9.90 Å². The van der Waals surface area contributed by atoms with E-state index in [1.807, 2.05) is 37.3 Å². The van der Waals surface area contributed by atoms with Gasteiger partial charge in [-0.2, -0.15) is 0 Å². The Morgan fingerprint density at radius 3 is 2.77 bits per heavy atom. The summed E-state index contributed by atoms with van der Waals surface area (Å²) >= 11 is 0. The highest BCUT2D eigenvalue weighted by Crippen LogP contribution is 2.56. The zero-order chi connectivity index (χ0) is 21.5. The summed E-state index contributed by atoms with van der Waals surface area (Å²) in [5.41, 5.74) is 1.55. The van der Waals surface area contributed by atoms with Gasteiger partial charge in [-0.1, -0.05) is 56.3 Å². The molecule has 0 amide bonds. The molecule has 1 saturated heterocycles. The molecule has 0 unspecified atom stereocenters. The minimum atomic E-state index is -0.956. The molecule has 1 aliphatic heterocycles. The second kappa shape index (κ2) is 8.12. The molecule has 30 heavy (non-hydrogen) atoms. The lowest BCUT2D eigenvalue weighted by Crippen LogP contribution is -2.47. The Bertz CT molecular complexity index is 789. The molecule has 4 heteroatoms. The third kappa shape index (κ3) is 3.97. The van der Waals surface area contributed by atoms with E-state index in [4.69, 9.17) is 4.74 Å². The summed E-state index contributed by atoms with van der Waals surface area (Å²) in [6.45, 7) is 12.7. The van der Waals surface area contributed by atoms with Gasteiger partial charge in [-0.05, 0) is 62.5 Å². The Hall–Kier alpha value is -1.65. The number of benzene rings is 1. The van der Waals surface area contributed by atoms with Gasteiger partial charge in [0.15, 0.2) is 0 Å². The topological polar surface area (TPSA) is 49.8 Å². The normalized spacial score (nSPS) is 35.5. The third-order valence-electron chi connectivity index (χ3n) is 8.15. The van der Waals surface area contributed by atoms with Crippen LogP contribution in [0.3, 0.4) is 0 Å². The molecular formula is C26H37NO3. The maximum absolute atomic E-state index is 12.9. The summed E-state index contributed by atoms with van der Waals surface area (Å²) in [4.78, 5) is 15.1. The number of hydrogen-bond acceptors (Lipinski definition) is 4. The predicted octanol–water partition coefficient (Wildman–Crippen LogP) is 4.53. The van der Waals surface area contributed by atoms with Crippen LogP contribution in [0.25, 0.3) is 0 Å². The van der Waals surface area contributed by atoms with Crippen LogP contribution < -0.4 is 0 Å². The Labute approximate surface area is 181 Å². The number of hydrogen-bond donors (Lipinski definition) is 1. The summed E-state index contributed by atoms with van der Waals surface area (Å²) in [5.74, 6) is 0.615. The van der Waals surface area contributed by atoms with Crippen molar-refractivity contribution in [3.05, 3.63) is 48.0 Å². The molecule has 1 aromatic rings. The maximum atomic E-state index is 12.9. The molecule has 6 atom stereocenters. The van der Waals surface area contributed by atoms with Crippen molar-refractivity contribution >= 4 is 5.97 Å². The number of nitrogens with zero attached hydrogens (tertiary/aromatic N) is 1. The lowest BCUT2D eigenvalue weighted by molar-refractivity contribution is -0.146. The van der Waals surface area contributed by atoms with E-state index in [1.165, 1.54) is 18.4 Å². The van der Waals surface area contributed by atoms with Gasteiger partial charge in [-0.15, -0.1) is 0 Å². The number of carbonyl (C=O) groups is 1. The molecule has 0 radical (unpaired) electrons. The van der Waals surface area contributed by atoms with Gasteiger partial charge in [-0.25, -0.2) is 0 Å². The number of fused-ring (bicyclic) bond motifs is 2. The number of aliphatic hydroxyl groups is 1. The SMILES string of the molecule is C=C1CCC[C@]2(C)C[C@@H]3OC(=O)[C@H](CN(CC)C[C@@](C)(O)c4ccccc4)[C@H]3C[C@H]12. The maximum Gasteiger partial charge on any atom is 0.310 e. The predicted molar refractivity (Wildman–Crippen MR) is 119 cm³/mol. The molecule has 2 saturated carbocycles. The molecule has 164 valence electrons. The van der Waals surface area contributed by atoms with Gasteiger partial charge in [0, 0.05) is 19.0 Å². The van der Waals surface area contributed by atoms with E-state index >= 15 is 0 Å². The minimum Gasteiger partial charge on any atom is -0.462 e. The fourth-order valence-corrected chi connectivity index (χ4v) is 6.37. The van der Waals surface area contributed by atoms with Crippen molar-refractivity contribution in [3.63, 3.8) is 0 Å². The first-order valence-electron chi connectivity index (χ1n) is 11.6. The molecular weight excluding hydrogens is 374 g/mol. The van der Waals surface area contributed by atoms with E-state index in [0.717, 1.165) is 31.4 Å². The van der Waals surface area contributed by atoms with Crippen molar-refractivity contribution in [2.75, 3.05) is 19.6 Å². The highest BCUT2D eigenvalue weighted by Gasteiger charge is 2.55. The van der Waals surface area contributed by atoms with Crippen molar-refractivity contribution < 1.29 is 14.6 Å². The van der Waals surface area contributed by atoms with Crippen molar-refractivity contribution in [2.24, 2.45) is 23.2 Å². The van der Waals surface area contributed by atoms with Gasteiger partial charge >= 0.3 is 5.97 Å². The first-order chi connectivity index (χ1) is 14.2. The van der Waals surface area contributed by atoms with Gasteiger partial charge in [0.1, 0.15) is 6.10 Å². The fourth-order valence-electron chi connectivity index (χ4n) is 6.37. The third-order valence-corrected chi connectivity index (χ3v) is 8.15. The molecule has 3 aliphatic rings. The van der Waals surface area contributed by atoms with E-state index < -0.39 is 5.60 Å². The zero-order valence-electron chi connectivity index (χ0n) is 18.8. The van der Waals surface area contributed by atoms with Crippen LogP contribution in [0.15, 0.2) is 42.5 Å². The van der Waals surface area contributed by atoms with Gasteiger partial charge in [0.05, 0.1) is 11.5 Å². The molecule has 0 aromatic heterocycles. The zero-order valence-corrected chi connectivity index (χ0v) is 18.8. The van der Waals surface area contributed by atoms with Gasteiger partial charge in [-0.3, -0.25) is 9.69 Å². The summed E-state index contributed by atoms with van der Waals surface area (Å²) < 4.78 is 5.93. The standard InChI is InChI=1S/C26H37NO3/c1-5-27(17-26(4,29)19-11-7-6-8-12-19)16-21-20-14-22-18(2)10-9-13-25(22,3)15-23(20)30-24(21)28/h6-8,11-12,20-23,29H,2,5,9-10,13-17H2,1,3-4H3/t20-,21-,22-,23+,25-,26-/m1/s1. The monoisotopic (exact) mass is 411 g/mol. The van der Waals surface area contributed by atoms with E-state index in [-0.39, 0.29) is 29.3 Å². The van der Waals surface area contributed by atoms with Crippen LogP contribution in [-0.4, -0.2) is 41.7 Å². The Morgan fingerprint density at radius 2 is 2.07 bits per heavy atom. The van der Waals surface area contributed by atoms with Crippen molar-refractivity contribution in [2.45, 2.75) is 64.6 Å². The van der Waals surface area contributed by atoms with Gasteiger partial charge < -0.3 is 9.84 Å². The first kappa shape index (κ1) is 21.6. The summed E-state index contributed by atoms with van der Waals surface area (Å²) in [6, 6.07) is 9.79. The van der Waals surface area contributed by atoms with Gasteiger partial charge in [0.25, 0.3) is 0 Å². The smallest absolute Gasteiger partial charge is 0.310 e. The summed E-state index contributed by atoms with van der Waals surface area (Å²) in [6.07, 6.45) is 5.57. The minimum absolute atomic E-state index is 0.0444. The van der Waals surface area contributed by atoms with Crippen LogP contribution in [0.2, 0.25) is 0 Å². The molecule has 0 spiro atoms. The second-order valence-electron chi connectivity index (χ2n) is 10.4. The molecule has 4 nitrogen and oxygen atoms in total. The van der Waals surface area contributed by atoms with Gasteiger partial charge in [0.2, 0.25) is 0 Å². The first-order valence-corrected chi connectivity index (χ1v) is 11.6. The number of carbonyl (C=O) groups excluding carboxylic acids is 1. The lowest BCUT2D eigenvalue weighted by atomic mass is 9.55. The molecule has 1 heterocycles. The van der Waals surface area contributed by atoms with E-state index in [2.05, 4.69) is 25.3 Å². The largest absolute Gasteiger partial charge is 0.462 e. The number of esters is 1. The van der Waals surface area contributed by atoms with E-state index in [1.54, 1.807) is 0 Å². The summed E-state index contributed by atoms with van der Waals surface area (Å²) in [7, 11) is 0. The van der Waals surface area contributed by atoms with Crippen LogP contribution in [0.5, 0.6) is 0 Å². The Balaban J connectivity index is 1.48. The molecule has 2 aliphatic carbocycles. The fraction of sp³-hybridized carbons (Fsp3) is 0.654. The second-order valence-corrected chi connectivity index (χ2v) is 10.4. The lowest BCUT2D eigenvalue weighted by Gasteiger charge is -2.50. The highest BCUT2D eigenvalue weighted by molar-refractivity contribution is 5.75. The molecule has 1 aromatic carbocycles. The van der Waals surface area contributed by atoms with Crippen LogP contribution in [0.1, 0.15) is 58.4 Å². The highest BCUT2D eigenvalue weighted by atomic mass is 16.6. The van der Waals surface area contributed by atoms with Crippen LogP contribution in [0, 0.1) is 23.2 Å². The van der Waals surface area contributed by atoms with Crippen LogP contribution >= 0.6 is 0 Å². The Kier molecular flexibility index (Phi) is 5.84. The summed E-state index contributed by atoms with van der Waals surface area (Å²) in [5, 5.41) is 11.1. The van der Waals surface area contributed by atoms with E-state index in [0.29, 0.717) is 19.0 Å².